The number of rotatable bonds is 6. The molecular formula is C20H19N3OS2. The van der Waals surface area contributed by atoms with Crippen molar-refractivity contribution in [3.63, 3.8) is 0 Å². The number of carbonyl (C=O) groups excluding carboxylic acids is 1. The Labute approximate surface area is 160 Å². The normalized spacial score (nSPS) is 13.1. The lowest BCUT2D eigenvalue weighted by Crippen LogP contribution is -2.23. The highest BCUT2D eigenvalue weighted by atomic mass is 32.2. The van der Waals surface area contributed by atoms with Crippen molar-refractivity contribution in [1.29, 1.82) is 5.41 Å². The van der Waals surface area contributed by atoms with Gasteiger partial charge in [-0.05, 0) is 24.8 Å². The third-order valence-corrected chi connectivity index (χ3v) is 6.74. The van der Waals surface area contributed by atoms with Crippen molar-refractivity contribution in [2.24, 2.45) is 0 Å². The van der Waals surface area contributed by atoms with Crippen LogP contribution in [-0.2, 0) is 19.4 Å². The van der Waals surface area contributed by atoms with Crippen molar-refractivity contribution in [1.82, 2.24) is 9.55 Å². The molecule has 0 fully saturated rings. The molecule has 4 rings (SSSR count). The quantitative estimate of drug-likeness (QED) is 0.301. The maximum absolute atomic E-state index is 12.4. The number of hydrogen-bond donors (Lipinski definition) is 1. The topological polar surface area (TPSA) is 58.7 Å². The Hall–Kier alpha value is -2.18. The average Bonchev–Trinajstić information content (AvgIpc) is 3.24. The third-order valence-electron chi connectivity index (χ3n) is 4.58. The molecule has 2 heterocycles. The smallest absolute Gasteiger partial charge is 0.173 e. The zero-order chi connectivity index (χ0) is 18.1. The van der Waals surface area contributed by atoms with Gasteiger partial charge in [0, 0.05) is 17.0 Å². The maximum atomic E-state index is 12.4. The molecule has 3 aromatic rings. The van der Waals surface area contributed by atoms with Crippen molar-refractivity contribution in [2.45, 2.75) is 31.0 Å². The minimum absolute atomic E-state index is 0.0721. The molecule has 0 spiro atoms. The fraction of sp³-hybridized carbons (Fsp3) is 0.250. The number of nitrogens with zero attached hydrogens (tertiary/aromatic N) is 2. The van der Waals surface area contributed by atoms with E-state index in [4.69, 9.17) is 10.4 Å². The second-order valence-electron chi connectivity index (χ2n) is 6.26. The van der Waals surface area contributed by atoms with E-state index >= 15 is 0 Å². The van der Waals surface area contributed by atoms with Crippen LogP contribution in [0.5, 0.6) is 0 Å². The van der Waals surface area contributed by atoms with Gasteiger partial charge < -0.3 is 4.57 Å². The van der Waals surface area contributed by atoms with E-state index in [9.17, 15) is 4.79 Å². The van der Waals surface area contributed by atoms with Crippen LogP contribution in [0.25, 0.3) is 10.2 Å². The van der Waals surface area contributed by atoms with Gasteiger partial charge in [0.15, 0.2) is 10.9 Å². The number of thioether (sulfide) groups is 1. The number of carbonyl (C=O) groups is 1. The van der Waals surface area contributed by atoms with Crippen LogP contribution in [0.4, 0.5) is 0 Å². The van der Waals surface area contributed by atoms with Gasteiger partial charge in [-0.2, -0.15) is 0 Å². The summed E-state index contributed by atoms with van der Waals surface area (Å²) in [6, 6.07) is 9.30. The van der Waals surface area contributed by atoms with Crippen molar-refractivity contribution >= 4 is 39.1 Å². The Bertz CT molecular complexity index is 1050. The van der Waals surface area contributed by atoms with Gasteiger partial charge in [-0.15, -0.1) is 17.9 Å². The molecule has 1 N–H and O–H groups in total. The van der Waals surface area contributed by atoms with E-state index in [1.807, 2.05) is 34.9 Å². The fourth-order valence-electron chi connectivity index (χ4n) is 3.34. The SMILES string of the molecule is C=CCn1c(SCC(=O)c2ccccc2)nc2sc3c(c2c1=N)CCC3. The lowest BCUT2D eigenvalue weighted by Gasteiger charge is -2.12. The molecule has 0 saturated carbocycles. The number of nitrogens with one attached hydrogen (secondary N) is 1. The number of allylic oxidation sites excluding steroid dienone is 1. The Morgan fingerprint density at radius 3 is 2.92 bits per heavy atom. The van der Waals surface area contributed by atoms with Crippen LogP contribution in [-0.4, -0.2) is 21.1 Å². The molecule has 132 valence electrons. The fourth-order valence-corrected chi connectivity index (χ4v) is 5.56. The number of thiophene rings is 1. The molecule has 0 unspecified atom stereocenters. The number of aromatic nitrogens is 2. The zero-order valence-corrected chi connectivity index (χ0v) is 16.0. The molecular weight excluding hydrogens is 362 g/mol. The molecule has 0 atom stereocenters. The monoisotopic (exact) mass is 381 g/mol. The predicted molar refractivity (Wildman–Crippen MR) is 107 cm³/mol. The number of fused-ring (bicyclic) bond motifs is 3. The molecule has 0 amide bonds. The van der Waals surface area contributed by atoms with Crippen LogP contribution in [0.3, 0.4) is 0 Å². The van der Waals surface area contributed by atoms with Crippen molar-refractivity contribution < 1.29 is 4.79 Å². The van der Waals surface area contributed by atoms with Gasteiger partial charge in [-0.3, -0.25) is 10.2 Å². The van der Waals surface area contributed by atoms with Crippen molar-refractivity contribution in [2.75, 3.05) is 5.75 Å². The van der Waals surface area contributed by atoms with Crippen LogP contribution in [0.15, 0.2) is 48.1 Å². The summed E-state index contributed by atoms with van der Waals surface area (Å²) in [5.41, 5.74) is 2.50. The van der Waals surface area contributed by atoms with Gasteiger partial charge in [0.2, 0.25) is 0 Å². The van der Waals surface area contributed by atoms with E-state index < -0.39 is 0 Å². The lowest BCUT2D eigenvalue weighted by atomic mass is 10.2. The van der Waals surface area contributed by atoms with Crippen LogP contribution >= 0.6 is 23.1 Å². The number of Topliss-reactive ketones (excluding diaryl/α,β-unsaturated/α-hetero) is 1. The van der Waals surface area contributed by atoms with Crippen molar-refractivity contribution in [3.8, 4) is 0 Å². The summed E-state index contributed by atoms with van der Waals surface area (Å²) >= 11 is 3.10. The zero-order valence-electron chi connectivity index (χ0n) is 14.3. The van der Waals surface area contributed by atoms with E-state index in [2.05, 4.69) is 6.58 Å². The van der Waals surface area contributed by atoms with Gasteiger partial charge in [0.25, 0.3) is 0 Å². The van der Waals surface area contributed by atoms with Crippen LogP contribution < -0.4 is 5.49 Å². The highest BCUT2D eigenvalue weighted by Crippen LogP contribution is 2.35. The summed E-state index contributed by atoms with van der Waals surface area (Å²) in [6.45, 7) is 4.34. The summed E-state index contributed by atoms with van der Waals surface area (Å²) in [7, 11) is 0. The van der Waals surface area contributed by atoms with Gasteiger partial charge in [0.1, 0.15) is 10.3 Å². The third kappa shape index (κ3) is 3.04. The molecule has 4 nitrogen and oxygen atoms in total. The predicted octanol–water partition coefficient (Wildman–Crippen LogP) is 4.23. The first-order valence-electron chi connectivity index (χ1n) is 8.60. The van der Waals surface area contributed by atoms with E-state index in [0.29, 0.717) is 28.5 Å². The molecule has 26 heavy (non-hydrogen) atoms. The molecule has 1 aliphatic rings. The molecule has 0 radical (unpaired) electrons. The molecule has 0 bridgehead atoms. The summed E-state index contributed by atoms with van der Waals surface area (Å²) in [5.74, 6) is 0.382. The Morgan fingerprint density at radius 1 is 1.35 bits per heavy atom. The van der Waals surface area contributed by atoms with Gasteiger partial charge in [0.05, 0.1) is 11.1 Å². The van der Waals surface area contributed by atoms with Gasteiger partial charge in [-0.25, -0.2) is 4.98 Å². The van der Waals surface area contributed by atoms with Crippen LogP contribution in [0.2, 0.25) is 0 Å². The first-order chi connectivity index (χ1) is 12.7. The van der Waals surface area contributed by atoms with E-state index in [1.54, 1.807) is 17.4 Å². The van der Waals surface area contributed by atoms with E-state index in [1.165, 1.54) is 28.6 Å². The highest BCUT2D eigenvalue weighted by molar-refractivity contribution is 7.99. The molecule has 1 aliphatic carbocycles. The first-order valence-corrected chi connectivity index (χ1v) is 10.4. The van der Waals surface area contributed by atoms with Gasteiger partial charge in [-0.1, -0.05) is 48.2 Å². The number of benzene rings is 1. The number of aryl methyl sites for hydroxylation is 2. The molecule has 6 heteroatoms. The van der Waals surface area contributed by atoms with Gasteiger partial charge >= 0.3 is 0 Å². The molecule has 2 aromatic heterocycles. The van der Waals surface area contributed by atoms with Crippen LogP contribution in [0.1, 0.15) is 27.2 Å². The standard InChI is InChI=1S/C20H19N3OS2/c1-2-11-23-18(21)17-14-9-6-10-16(14)26-19(17)22-20(23)25-12-15(24)13-7-4-3-5-8-13/h2-5,7-8,21H,1,6,9-12H2. The largest absolute Gasteiger partial charge is 0.301 e. The summed E-state index contributed by atoms with van der Waals surface area (Å²) in [4.78, 5) is 19.5. The van der Waals surface area contributed by atoms with E-state index in [0.717, 1.165) is 23.1 Å². The Kier molecular flexibility index (Phi) is 4.78. The summed E-state index contributed by atoms with van der Waals surface area (Å²) in [6.07, 6.45) is 5.07. The second-order valence-corrected chi connectivity index (χ2v) is 8.28. The second kappa shape index (κ2) is 7.21. The summed E-state index contributed by atoms with van der Waals surface area (Å²) < 4.78 is 1.86. The Morgan fingerprint density at radius 2 is 2.15 bits per heavy atom. The highest BCUT2D eigenvalue weighted by Gasteiger charge is 2.22. The minimum Gasteiger partial charge on any atom is -0.301 e. The van der Waals surface area contributed by atoms with Crippen LogP contribution in [0, 0.1) is 5.41 Å². The number of hydrogen-bond acceptors (Lipinski definition) is 5. The average molecular weight is 382 g/mol. The maximum Gasteiger partial charge on any atom is 0.173 e. The van der Waals surface area contributed by atoms with E-state index in [-0.39, 0.29) is 5.78 Å². The molecule has 0 saturated heterocycles. The molecule has 1 aromatic carbocycles. The Balaban J connectivity index is 1.70. The molecule has 0 aliphatic heterocycles. The first kappa shape index (κ1) is 17.2. The number of ketones is 1. The van der Waals surface area contributed by atoms with Crippen molar-refractivity contribution in [3.05, 3.63) is 64.5 Å². The lowest BCUT2D eigenvalue weighted by molar-refractivity contribution is 0.102. The summed E-state index contributed by atoms with van der Waals surface area (Å²) in [5, 5.41) is 10.4. The minimum atomic E-state index is 0.0721.